The molecule has 2 nitrogen and oxygen atoms in total. The van der Waals surface area contributed by atoms with E-state index in [1.807, 2.05) is 70.6 Å². The maximum absolute atomic E-state index is 9.42. The molecule has 0 radical (unpaired) electrons. The Morgan fingerprint density at radius 2 is 1.18 bits per heavy atom. The van der Waals surface area contributed by atoms with E-state index in [0.717, 1.165) is 21.3 Å². The Kier molecular flexibility index (Phi) is 9.97. The molecule has 2 N–H and O–H groups in total. The number of hydrogen-bond donors (Lipinski definition) is 2. The summed E-state index contributed by atoms with van der Waals surface area (Å²) in [5, 5.41) is 23.1. The highest BCUT2D eigenvalue weighted by atomic mass is 32.2. The number of rotatable bonds is 10. The summed E-state index contributed by atoms with van der Waals surface area (Å²) in [7, 11) is 0. The molecule has 4 unspecified atom stereocenters. The molecule has 154 valence electrons. The molecule has 3 rings (SSSR count). The van der Waals surface area contributed by atoms with E-state index in [0.29, 0.717) is 21.0 Å². The van der Waals surface area contributed by atoms with Crippen molar-refractivity contribution in [1.29, 1.82) is 0 Å². The zero-order valence-electron chi connectivity index (χ0n) is 15.9. The fourth-order valence-electron chi connectivity index (χ4n) is 3.21. The van der Waals surface area contributed by atoms with Crippen LogP contribution in [0.3, 0.4) is 0 Å². The maximum atomic E-state index is 9.42. The Morgan fingerprint density at radius 1 is 0.786 bits per heavy atom. The van der Waals surface area contributed by atoms with Crippen molar-refractivity contribution in [3.63, 3.8) is 0 Å². The number of hydrogen-bond acceptors (Lipinski definition) is 8. The second-order valence-corrected chi connectivity index (χ2v) is 13.5. The Bertz CT molecular complexity index is 631. The largest absolute Gasteiger partial charge is 0.391 e. The van der Waals surface area contributed by atoms with Crippen molar-refractivity contribution < 1.29 is 10.2 Å². The molecule has 0 amide bonds. The van der Waals surface area contributed by atoms with E-state index in [1.165, 1.54) is 11.1 Å². The minimum atomic E-state index is 0.149. The molecule has 28 heavy (non-hydrogen) atoms. The molecule has 2 aliphatic heterocycles. The van der Waals surface area contributed by atoms with Gasteiger partial charge in [-0.25, -0.2) is 0 Å². The number of thioether (sulfide) groups is 6. The summed E-state index contributed by atoms with van der Waals surface area (Å²) in [6, 6.07) is 9.25. The number of aliphatic hydroxyl groups excluding tert-OH is 2. The Morgan fingerprint density at radius 3 is 1.46 bits per heavy atom. The molecular weight excluding hydrogens is 465 g/mol. The van der Waals surface area contributed by atoms with Gasteiger partial charge in [-0.2, -0.15) is 23.5 Å². The predicted molar refractivity (Wildman–Crippen MR) is 137 cm³/mol. The summed E-state index contributed by atoms with van der Waals surface area (Å²) in [6.07, 6.45) is 4.33. The van der Waals surface area contributed by atoms with Crippen LogP contribution in [-0.4, -0.2) is 56.6 Å². The monoisotopic (exact) mass is 490 g/mol. The first-order valence-corrected chi connectivity index (χ1v) is 15.4. The second-order valence-electron chi connectivity index (χ2n) is 6.52. The lowest BCUT2D eigenvalue weighted by atomic mass is 9.96. The van der Waals surface area contributed by atoms with Crippen LogP contribution in [0.2, 0.25) is 0 Å². The van der Waals surface area contributed by atoms with Crippen molar-refractivity contribution in [3.05, 3.63) is 56.0 Å². The molecule has 0 aromatic heterocycles. The standard InChI is InChI=1S/C20H26O2S6/c1-23-11-17(19-25-9-15(7-21)27-19)13-3-5-14(6-4-13)18(12-24-2)20-26-10-16(8-22)28-20/h3-6,9-10,17-22H,7-8,11-12H2,1-2H3. The molecular formula is C20H26O2S6. The van der Waals surface area contributed by atoms with Crippen LogP contribution >= 0.6 is 70.6 Å². The third-order valence-corrected chi connectivity index (χ3v) is 11.8. The van der Waals surface area contributed by atoms with Gasteiger partial charge in [0.15, 0.2) is 0 Å². The molecule has 4 atom stereocenters. The molecule has 0 aliphatic carbocycles. The lowest BCUT2D eigenvalue weighted by Crippen LogP contribution is -2.15. The first kappa shape index (κ1) is 23.4. The smallest absolute Gasteiger partial charge is 0.0746 e. The first-order valence-electron chi connectivity index (χ1n) is 9.02. The zero-order chi connectivity index (χ0) is 19.9. The van der Waals surface area contributed by atoms with Gasteiger partial charge >= 0.3 is 0 Å². The van der Waals surface area contributed by atoms with E-state index >= 15 is 0 Å². The Balaban J connectivity index is 1.72. The molecule has 0 fully saturated rings. The lowest BCUT2D eigenvalue weighted by molar-refractivity contribution is 0.339. The minimum Gasteiger partial charge on any atom is -0.391 e. The maximum Gasteiger partial charge on any atom is 0.0746 e. The lowest BCUT2D eigenvalue weighted by Gasteiger charge is -2.25. The van der Waals surface area contributed by atoms with Crippen LogP contribution in [0, 0.1) is 0 Å². The van der Waals surface area contributed by atoms with Gasteiger partial charge in [-0.05, 0) is 34.5 Å². The van der Waals surface area contributed by atoms with Gasteiger partial charge < -0.3 is 10.2 Å². The average molecular weight is 491 g/mol. The van der Waals surface area contributed by atoms with Crippen LogP contribution in [0.5, 0.6) is 0 Å². The normalized spacial score (nSPS) is 24.1. The van der Waals surface area contributed by atoms with Gasteiger partial charge in [0, 0.05) is 33.2 Å². The highest BCUT2D eigenvalue weighted by Gasteiger charge is 2.30. The van der Waals surface area contributed by atoms with E-state index in [2.05, 4.69) is 47.6 Å². The third-order valence-electron chi connectivity index (χ3n) is 4.66. The van der Waals surface area contributed by atoms with Crippen LogP contribution in [0.4, 0.5) is 0 Å². The number of benzene rings is 1. The van der Waals surface area contributed by atoms with Crippen molar-refractivity contribution in [2.75, 3.05) is 37.2 Å². The van der Waals surface area contributed by atoms with Gasteiger partial charge in [-0.15, -0.1) is 47.0 Å². The molecule has 0 saturated carbocycles. The summed E-state index contributed by atoms with van der Waals surface area (Å²) in [5.41, 5.74) is 2.78. The molecule has 0 spiro atoms. The zero-order valence-corrected chi connectivity index (χ0v) is 20.8. The molecule has 1 aromatic carbocycles. The fourth-order valence-corrected chi connectivity index (χ4v) is 10.7. The highest BCUT2D eigenvalue weighted by Crippen LogP contribution is 2.49. The summed E-state index contributed by atoms with van der Waals surface area (Å²) in [6.45, 7) is 0.298. The summed E-state index contributed by atoms with van der Waals surface area (Å²) in [5.74, 6) is 3.11. The Hall–Kier alpha value is 0.720. The average Bonchev–Trinajstić information content (AvgIpc) is 3.40. The van der Waals surface area contributed by atoms with Crippen LogP contribution < -0.4 is 0 Å². The SMILES string of the molecule is CSCC(c1ccc(C(CSC)C2SC=C(CO)S2)cc1)C1SC=C(CO)S1. The van der Waals surface area contributed by atoms with Crippen molar-refractivity contribution in [1.82, 2.24) is 0 Å². The fraction of sp³-hybridized carbons (Fsp3) is 0.500. The van der Waals surface area contributed by atoms with Crippen LogP contribution in [0.15, 0.2) is 44.9 Å². The molecule has 1 aromatic rings. The summed E-state index contributed by atoms with van der Waals surface area (Å²) >= 11 is 11.1. The van der Waals surface area contributed by atoms with Crippen molar-refractivity contribution in [3.8, 4) is 0 Å². The topological polar surface area (TPSA) is 40.5 Å². The van der Waals surface area contributed by atoms with E-state index < -0.39 is 0 Å². The molecule has 2 aliphatic rings. The summed E-state index contributed by atoms with van der Waals surface area (Å²) < 4.78 is 0.888. The quantitative estimate of drug-likeness (QED) is 0.423. The van der Waals surface area contributed by atoms with Gasteiger partial charge in [-0.3, -0.25) is 0 Å². The molecule has 0 bridgehead atoms. The first-order chi connectivity index (χ1) is 13.7. The van der Waals surface area contributed by atoms with E-state index in [-0.39, 0.29) is 13.2 Å². The van der Waals surface area contributed by atoms with Crippen LogP contribution in [-0.2, 0) is 0 Å². The van der Waals surface area contributed by atoms with Crippen LogP contribution in [0.25, 0.3) is 0 Å². The third kappa shape index (κ3) is 5.90. The second kappa shape index (κ2) is 11.9. The van der Waals surface area contributed by atoms with Crippen molar-refractivity contribution in [2.24, 2.45) is 0 Å². The highest BCUT2D eigenvalue weighted by molar-refractivity contribution is 8.23. The van der Waals surface area contributed by atoms with Crippen molar-refractivity contribution >= 4 is 70.6 Å². The van der Waals surface area contributed by atoms with Gasteiger partial charge in [0.2, 0.25) is 0 Å². The summed E-state index contributed by atoms with van der Waals surface area (Å²) in [4.78, 5) is 2.17. The van der Waals surface area contributed by atoms with E-state index in [9.17, 15) is 10.2 Å². The van der Waals surface area contributed by atoms with Gasteiger partial charge in [0.05, 0.1) is 22.4 Å². The number of aliphatic hydroxyl groups is 2. The van der Waals surface area contributed by atoms with Crippen molar-refractivity contribution in [2.45, 2.75) is 21.0 Å². The molecule has 0 saturated heterocycles. The van der Waals surface area contributed by atoms with Crippen LogP contribution in [0.1, 0.15) is 23.0 Å². The van der Waals surface area contributed by atoms with Gasteiger partial charge in [-0.1, -0.05) is 24.3 Å². The van der Waals surface area contributed by atoms with E-state index in [4.69, 9.17) is 0 Å². The molecule has 2 heterocycles. The van der Waals surface area contributed by atoms with Gasteiger partial charge in [0.25, 0.3) is 0 Å². The van der Waals surface area contributed by atoms with E-state index in [1.54, 1.807) is 0 Å². The molecule has 8 heteroatoms. The van der Waals surface area contributed by atoms with Gasteiger partial charge in [0.1, 0.15) is 0 Å². The minimum absolute atomic E-state index is 0.149. The predicted octanol–water partition coefficient (Wildman–Crippen LogP) is 5.86. The Labute approximate surface area is 193 Å².